The topological polar surface area (TPSA) is 96.4 Å². The summed E-state index contributed by atoms with van der Waals surface area (Å²) < 4.78 is 11.4. The molecule has 0 saturated carbocycles. The van der Waals surface area contributed by atoms with E-state index in [4.69, 9.17) is 19.4 Å². The number of cyclic esters (lactones) is 1. The second kappa shape index (κ2) is 11.9. The van der Waals surface area contributed by atoms with Crippen molar-refractivity contribution in [3.05, 3.63) is 30.3 Å². The summed E-state index contributed by atoms with van der Waals surface area (Å²) >= 11 is 0. The first-order valence-electron chi connectivity index (χ1n) is 11.5. The van der Waals surface area contributed by atoms with Gasteiger partial charge in [0, 0.05) is 32.5 Å². The number of carbonyl (C=O) groups excluding carboxylic acids is 2. The van der Waals surface area contributed by atoms with Gasteiger partial charge in [0.2, 0.25) is 5.91 Å². The van der Waals surface area contributed by atoms with Gasteiger partial charge in [-0.05, 0) is 57.3 Å². The Balaban J connectivity index is 0.000000913. The predicted molar refractivity (Wildman–Crippen MR) is 118 cm³/mol. The van der Waals surface area contributed by atoms with E-state index in [1.165, 1.54) is 12.8 Å². The third-order valence-electron chi connectivity index (χ3n) is 6.61. The molecule has 1 amide bonds. The first-order valence-corrected chi connectivity index (χ1v) is 11.5. The first-order chi connectivity index (χ1) is 15.6. The molecule has 1 aromatic carbocycles. The van der Waals surface area contributed by atoms with Crippen LogP contribution in [0.2, 0.25) is 0 Å². The molecule has 8 heteroatoms. The molecule has 32 heavy (non-hydrogen) atoms. The van der Waals surface area contributed by atoms with E-state index in [0.717, 1.165) is 44.6 Å². The van der Waals surface area contributed by atoms with Crippen LogP contribution in [0, 0.1) is 5.41 Å². The van der Waals surface area contributed by atoms with Gasteiger partial charge < -0.3 is 19.5 Å². The van der Waals surface area contributed by atoms with Gasteiger partial charge >= 0.3 is 5.97 Å². The minimum Gasteiger partial charge on any atom is -0.494 e. The van der Waals surface area contributed by atoms with Gasteiger partial charge in [-0.3, -0.25) is 19.3 Å². The SMILES string of the molecule is O=C(CCCOc1ccccc1)N1CCC2(CC1)CC(CN1CCCC1)OC2=O.O=CO. The van der Waals surface area contributed by atoms with Crippen molar-refractivity contribution in [2.75, 3.05) is 39.3 Å². The molecule has 3 aliphatic rings. The largest absolute Gasteiger partial charge is 0.494 e. The van der Waals surface area contributed by atoms with Gasteiger partial charge in [0.25, 0.3) is 6.47 Å². The van der Waals surface area contributed by atoms with Crippen LogP contribution in [0.4, 0.5) is 0 Å². The van der Waals surface area contributed by atoms with Gasteiger partial charge in [-0.25, -0.2) is 0 Å². The lowest BCUT2D eigenvalue weighted by atomic mass is 9.76. The predicted octanol–water partition coefficient (Wildman–Crippen LogP) is 2.57. The summed E-state index contributed by atoms with van der Waals surface area (Å²) in [5, 5.41) is 6.89. The lowest BCUT2D eigenvalue weighted by Crippen LogP contribution is -2.45. The van der Waals surface area contributed by atoms with Crippen molar-refractivity contribution < 1.29 is 29.0 Å². The molecular formula is C24H34N2O6. The zero-order chi connectivity index (χ0) is 22.8. The summed E-state index contributed by atoms with van der Waals surface area (Å²) in [5.41, 5.74) is -0.364. The number of amides is 1. The number of carboxylic acid groups (broad SMARTS) is 1. The summed E-state index contributed by atoms with van der Waals surface area (Å²) in [6.07, 6.45) is 5.99. The van der Waals surface area contributed by atoms with Crippen molar-refractivity contribution in [3.8, 4) is 5.75 Å². The molecule has 0 aliphatic carbocycles. The van der Waals surface area contributed by atoms with Crippen LogP contribution in [-0.2, 0) is 19.1 Å². The molecule has 0 bridgehead atoms. The number of nitrogens with zero attached hydrogens (tertiary/aromatic N) is 2. The first kappa shape index (κ1) is 24.0. The van der Waals surface area contributed by atoms with Crippen LogP contribution in [0.25, 0.3) is 0 Å². The molecule has 8 nitrogen and oxygen atoms in total. The summed E-state index contributed by atoms with van der Waals surface area (Å²) in [5.74, 6) is 0.963. The number of para-hydroxylation sites is 1. The summed E-state index contributed by atoms with van der Waals surface area (Å²) in [7, 11) is 0. The fourth-order valence-electron chi connectivity index (χ4n) is 4.87. The molecule has 3 heterocycles. The number of piperidine rings is 1. The van der Waals surface area contributed by atoms with E-state index in [1.807, 2.05) is 35.2 Å². The van der Waals surface area contributed by atoms with E-state index < -0.39 is 0 Å². The highest BCUT2D eigenvalue weighted by molar-refractivity contribution is 5.80. The van der Waals surface area contributed by atoms with Crippen LogP contribution >= 0.6 is 0 Å². The van der Waals surface area contributed by atoms with Crippen LogP contribution in [0.15, 0.2) is 30.3 Å². The smallest absolute Gasteiger partial charge is 0.312 e. The molecule has 0 radical (unpaired) electrons. The molecule has 3 saturated heterocycles. The maximum Gasteiger partial charge on any atom is 0.312 e. The summed E-state index contributed by atoms with van der Waals surface area (Å²) in [4.78, 5) is 37.8. The van der Waals surface area contributed by atoms with Crippen LogP contribution in [0.3, 0.4) is 0 Å². The molecule has 1 N–H and O–H groups in total. The maximum atomic E-state index is 12.6. The fourth-order valence-corrected chi connectivity index (χ4v) is 4.87. The lowest BCUT2D eigenvalue weighted by molar-refractivity contribution is -0.152. The Labute approximate surface area is 189 Å². The van der Waals surface area contributed by atoms with E-state index in [2.05, 4.69) is 4.90 Å². The average molecular weight is 447 g/mol. The normalized spacial score (nSPS) is 22.2. The van der Waals surface area contributed by atoms with Gasteiger partial charge in [-0.15, -0.1) is 0 Å². The number of hydrogen-bond donors (Lipinski definition) is 1. The molecule has 1 aromatic rings. The zero-order valence-electron chi connectivity index (χ0n) is 18.6. The van der Waals surface area contributed by atoms with Crippen LogP contribution in [-0.4, -0.2) is 78.7 Å². The Morgan fingerprint density at radius 1 is 1.16 bits per heavy atom. The second-order valence-electron chi connectivity index (χ2n) is 8.77. The van der Waals surface area contributed by atoms with Crippen LogP contribution in [0.5, 0.6) is 5.75 Å². The Hall–Kier alpha value is -2.61. The Morgan fingerprint density at radius 2 is 1.81 bits per heavy atom. The van der Waals surface area contributed by atoms with E-state index in [-0.39, 0.29) is 29.9 Å². The standard InChI is InChI=1S/C23H32N2O4.CH2O2/c26-21(9-6-16-28-19-7-2-1-3-8-19)25-14-10-23(11-15-25)17-20(29-22(23)27)18-24-12-4-5-13-24;2-1-3/h1-3,7-8,20H,4-6,9-18H2;1H,(H,2,3). The van der Waals surface area contributed by atoms with Gasteiger partial charge in [0.1, 0.15) is 11.9 Å². The fraction of sp³-hybridized carbons (Fsp3) is 0.625. The Bertz CT molecular complexity index is 742. The molecule has 1 atom stereocenters. The van der Waals surface area contributed by atoms with Crippen molar-refractivity contribution in [2.24, 2.45) is 5.41 Å². The minimum absolute atomic E-state index is 0.0259. The second-order valence-corrected chi connectivity index (χ2v) is 8.77. The number of carbonyl (C=O) groups is 3. The van der Waals surface area contributed by atoms with E-state index in [1.54, 1.807) is 0 Å². The van der Waals surface area contributed by atoms with Gasteiger partial charge in [-0.2, -0.15) is 0 Å². The lowest BCUT2D eigenvalue weighted by Gasteiger charge is -2.36. The van der Waals surface area contributed by atoms with Crippen molar-refractivity contribution in [1.82, 2.24) is 9.80 Å². The van der Waals surface area contributed by atoms with Gasteiger partial charge in [-0.1, -0.05) is 18.2 Å². The number of likely N-dealkylation sites (tertiary alicyclic amines) is 2. The number of esters is 1. The molecule has 3 fully saturated rings. The molecule has 4 rings (SSSR count). The molecular weight excluding hydrogens is 412 g/mol. The number of rotatable bonds is 7. The third kappa shape index (κ3) is 6.45. The highest BCUT2D eigenvalue weighted by atomic mass is 16.6. The van der Waals surface area contributed by atoms with Gasteiger partial charge in [0.15, 0.2) is 0 Å². The highest BCUT2D eigenvalue weighted by Crippen LogP contribution is 2.43. The summed E-state index contributed by atoms with van der Waals surface area (Å²) in [6, 6.07) is 9.67. The average Bonchev–Trinajstić information content (AvgIpc) is 3.41. The Kier molecular flexibility index (Phi) is 8.90. The zero-order valence-corrected chi connectivity index (χ0v) is 18.6. The van der Waals surface area contributed by atoms with Crippen molar-refractivity contribution in [1.29, 1.82) is 0 Å². The number of hydrogen-bond acceptors (Lipinski definition) is 6. The minimum atomic E-state index is -0.364. The summed E-state index contributed by atoms with van der Waals surface area (Å²) in [6.45, 7) is 4.72. The molecule has 176 valence electrons. The maximum absolute atomic E-state index is 12.6. The van der Waals surface area contributed by atoms with Crippen molar-refractivity contribution in [3.63, 3.8) is 0 Å². The van der Waals surface area contributed by atoms with Gasteiger partial charge in [0.05, 0.1) is 12.0 Å². The van der Waals surface area contributed by atoms with E-state index >= 15 is 0 Å². The van der Waals surface area contributed by atoms with E-state index in [0.29, 0.717) is 32.5 Å². The highest BCUT2D eigenvalue weighted by Gasteiger charge is 2.51. The third-order valence-corrected chi connectivity index (χ3v) is 6.61. The van der Waals surface area contributed by atoms with Crippen molar-refractivity contribution in [2.45, 2.75) is 51.0 Å². The monoisotopic (exact) mass is 446 g/mol. The number of benzene rings is 1. The van der Waals surface area contributed by atoms with Crippen LogP contribution in [0.1, 0.15) is 44.9 Å². The number of ether oxygens (including phenoxy) is 2. The molecule has 0 aromatic heterocycles. The Morgan fingerprint density at radius 3 is 2.47 bits per heavy atom. The molecule has 3 aliphatic heterocycles. The van der Waals surface area contributed by atoms with Crippen molar-refractivity contribution >= 4 is 18.3 Å². The molecule has 1 unspecified atom stereocenters. The molecule has 1 spiro atoms. The van der Waals surface area contributed by atoms with E-state index in [9.17, 15) is 9.59 Å². The van der Waals surface area contributed by atoms with Crippen LogP contribution < -0.4 is 4.74 Å². The quantitative estimate of drug-likeness (QED) is 0.391.